The lowest BCUT2D eigenvalue weighted by molar-refractivity contribution is -0.0158. The number of hydrogen-bond donors (Lipinski definition) is 2. The third-order valence-corrected chi connectivity index (χ3v) is 8.34. The predicted molar refractivity (Wildman–Crippen MR) is 143 cm³/mol. The van der Waals surface area contributed by atoms with Gasteiger partial charge in [0.05, 0.1) is 28.3 Å². The number of nitrogens with one attached hydrogen (secondary N) is 1. The maximum absolute atomic E-state index is 13.1. The van der Waals surface area contributed by atoms with Gasteiger partial charge in [-0.1, -0.05) is 40.5 Å². The normalized spacial score (nSPS) is 22.5. The maximum atomic E-state index is 13.1. The van der Waals surface area contributed by atoms with Crippen LogP contribution in [0.2, 0.25) is 10.0 Å². The molecule has 0 spiro atoms. The Morgan fingerprint density at radius 1 is 1.05 bits per heavy atom. The first-order chi connectivity index (χ1) is 18.4. The van der Waals surface area contributed by atoms with E-state index in [2.05, 4.69) is 10.5 Å². The molecule has 3 aromatic rings. The molecular formula is C28H27Cl2N3O5. The summed E-state index contributed by atoms with van der Waals surface area (Å²) in [5.41, 5.74) is 2.79. The molecule has 1 aliphatic carbocycles. The Bertz CT molecular complexity index is 1350. The summed E-state index contributed by atoms with van der Waals surface area (Å²) in [6, 6.07) is 11.6. The summed E-state index contributed by atoms with van der Waals surface area (Å²) in [7, 11) is 0. The summed E-state index contributed by atoms with van der Waals surface area (Å²) < 4.78 is 12.2. The van der Waals surface area contributed by atoms with Crippen LogP contribution in [0.4, 0.5) is 10.5 Å². The standard InChI is InChI=1S/C28H27Cl2N3O5/c29-22-5-2-6-23(30)24(22)25-21(26(38-32-25)15-7-8-15)14-37-20-12-18-9-10-19(13-20)33(18)28(36)31-17-4-1-3-16(11-17)27(34)35/h1-6,11,15,18-20H,7-10,12-14H2,(H,31,36)(H,34,35)/t18-,19?,20?/m0/s1. The van der Waals surface area contributed by atoms with Crippen LogP contribution in [0.1, 0.15) is 66.1 Å². The highest BCUT2D eigenvalue weighted by Crippen LogP contribution is 2.46. The van der Waals surface area contributed by atoms with E-state index in [9.17, 15) is 14.7 Å². The van der Waals surface area contributed by atoms with Gasteiger partial charge >= 0.3 is 12.0 Å². The van der Waals surface area contributed by atoms with E-state index in [0.29, 0.717) is 39.5 Å². The molecule has 2 bridgehead atoms. The molecule has 3 atom stereocenters. The second-order valence-corrected chi connectivity index (χ2v) is 11.1. The summed E-state index contributed by atoms with van der Waals surface area (Å²) in [4.78, 5) is 26.3. The van der Waals surface area contributed by atoms with Gasteiger partial charge in [0, 0.05) is 34.8 Å². The van der Waals surface area contributed by atoms with Crippen LogP contribution >= 0.6 is 23.2 Å². The molecule has 2 aromatic carbocycles. The van der Waals surface area contributed by atoms with Gasteiger partial charge in [0.2, 0.25) is 0 Å². The third-order valence-electron chi connectivity index (χ3n) is 7.71. The van der Waals surface area contributed by atoms with Crippen LogP contribution in [0.3, 0.4) is 0 Å². The largest absolute Gasteiger partial charge is 0.478 e. The van der Waals surface area contributed by atoms with Gasteiger partial charge in [-0.15, -0.1) is 0 Å². The fourth-order valence-electron chi connectivity index (χ4n) is 5.76. The van der Waals surface area contributed by atoms with Crippen molar-refractivity contribution in [2.24, 2.45) is 0 Å². The topological polar surface area (TPSA) is 105 Å². The minimum atomic E-state index is -1.03. The highest BCUT2D eigenvalue weighted by molar-refractivity contribution is 6.39. The quantitative estimate of drug-likeness (QED) is 0.326. The molecule has 1 saturated carbocycles. The molecule has 198 valence electrons. The molecule has 2 unspecified atom stereocenters. The molecule has 3 aliphatic rings. The van der Waals surface area contributed by atoms with Gasteiger partial charge in [0.1, 0.15) is 11.5 Å². The zero-order valence-electron chi connectivity index (χ0n) is 20.5. The van der Waals surface area contributed by atoms with Crippen LogP contribution in [0.15, 0.2) is 47.0 Å². The van der Waals surface area contributed by atoms with Gasteiger partial charge in [0.25, 0.3) is 0 Å². The lowest BCUT2D eigenvalue weighted by Crippen LogP contribution is -2.50. The number of rotatable bonds is 7. The molecule has 0 radical (unpaired) electrons. The van der Waals surface area contributed by atoms with Crippen molar-refractivity contribution in [2.45, 2.75) is 69.2 Å². The minimum absolute atomic E-state index is 0.0107. The monoisotopic (exact) mass is 555 g/mol. The Hall–Kier alpha value is -3.07. The van der Waals surface area contributed by atoms with Crippen molar-refractivity contribution in [3.8, 4) is 11.3 Å². The van der Waals surface area contributed by atoms with Crippen LogP contribution < -0.4 is 5.32 Å². The van der Waals surface area contributed by atoms with Crippen molar-refractivity contribution in [2.75, 3.05) is 5.32 Å². The SMILES string of the molecule is O=C(O)c1cccc(NC(=O)N2C3CC[C@H]2CC(OCc2c(-c4c(Cl)cccc4Cl)noc2C2CC2)C3)c1. The molecule has 38 heavy (non-hydrogen) atoms. The Morgan fingerprint density at radius 3 is 2.39 bits per heavy atom. The number of carboxylic acids is 1. The number of urea groups is 1. The molecule has 3 fully saturated rings. The zero-order chi connectivity index (χ0) is 26.4. The number of benzene rings is 2. The molecule has 8 nitrogen and oxygen atoms in total. The molecular weight excluding hydrogens is 529 g/mol. The zero-order valence-corrected chi connectivity index (χ0v) is 22.0. The van der Waals surface area contributed by atoms with Crippen LogP contribution in [0.25, 0.3) is 11.3 Å². The van der Waals surface area contributed by atoms with Gasteiger partial charge in [-0.3, -0.25) is 0 Å². The van der Waals surface area contributed by atoms with E-state index >= 15 is 0 Å². The van der Waals surface area contributed by atoms with Crippen LogP contribution in [0, 0.1) is 0 Å². The number of carbonyl (C=O) groups excluding carboxylic acids is 1. The average molecular weight is 556 g/mol. The van der Waals surface area contributed by atoms with Crippen molar-refractivity contribution in [1.82, 2.24) is 10.1 Å². The van der Waals surface area contributed by atoms with Crippen molar-refractivity contribution in [1.29, 1.82) is 0 Å². The number of carbonyl (C=O) groups is 2. The summed E-state index contributed by atoms with van der Waals surface area (Å²) in [6.45, 7) is 0.338. The summed E-state index contributed by atoms with van der Waals surface area (Å²) in [6.07, 6.45) is 5.39. The highest BCUT2D eigenvalue weighted by Gasteiger charge is 2.44. The van der Waals surface area contributed by atoms with Crippen molar-refractivity contribution >= 4 is 40.9 Å². The number of fused-ring (bicyclic) bond motifs is 2. The van der Waals surface area contributed by atoms with Gasteiger partial charge in [-0.2, -0.15) is 0 Å². The van der Waals surface area contributed by atoms with Crippen molar-refractivity contribution in [3.63, 3.8) is 0 Å². The molecule has 2 saturated heterocycles. The summed E-state index contributed by atoms with van der Waals surface area (Å²) >= 11 is 13.0. The second-order valence-electron chi connectivity index (χ2n) is 10.3. The molecule has 6 rings (SSSR count). The molecule has 2 aliphatic heterocycles. The molecule has 1 aromatic heterocycles. The smallest absolute Gasteiger partial charge is 0.335 e. The van der Waals surface area contributed by atoms with Crippen LogP contribution in [0.5, 0.6) is 0 Å². The van der Waals surface area contributed by atoms with E-state index in [4.69, 9.17) is 32.5 Å². The van der Waals surface area contributed by atoms with Gasteiger partial charge in [-0.25, -0.2) is 9.59 Å². The van der Waals surface area contributed by atoms with Crippen LogP contribution in [-0.2, 0) is 11.3 Å². The van der Waals surface area contributed by atoms with E-state index in [1.807, 2.05) is 4.90 Å². The number of amides is 2. The second kappa shape index (κ2) is 10.2. The van der Waals surface area contributed by atoms with Crippen molar-refractivity contribution < 1.29 is 24.0 Å². The number of hydrogen-bond acceptors (Lipinski definition) is 5. The Morgan fingerprint density at radius 2 is 1.74 bits per heavy atom. The first kappa shape index (κ1) is 25.2. The fourth-order valence-corrected chi connectivity index (χ4v) is 6.34. The van der Waals surface area contributed by atoms with E-state index in [1.54, 1.807) is 30.3 Å². The fraction of sp³-hybridized carbons (Fsp3) is 0.393. The van der Waals surface area contributed by atoms with Gasteiger partial charge < -0.3 is 24.6 Å². The van der Waals surface area contributed by atoms with E-state index in [-0.39, 0.29) is 29.8 Å². The number of anilines is 1. The Labute approximate surface area is 229 Å². The Balaban J connectivity index is 1.14. The number of halogens is 2. The first-order valence-corrected chi connectivity index (χ1v) is 13.6. The van der Waals surface area contributed by atoms with E-state index < -0.39 is 5.97 Å². The van der Waals surface area contributed by atoms with Crippen LogP contribution in [-0.4, -0.2) is 45.4 Å². The predicted octanol–water partition coefficient (Wildman–Crippen LogP) is 6.97. The number of piperidine rings is 1. The number of nitrogens with zero attached hydrogens (tertiary/aromatic N) is 2. The number of aromatic carboxylic acids is 1. The van der Waals surface area contributed by atoms with E-state index in [0.717, 1.165) is 49.8 Å². The van der Waals surface area contributed by atoms with Gasteiger partial charge in [-0.05, 0) is 68.9 Å². The number of ether oxygens (including phenoxy) is 1. The lowest BCUT2D eigenvalue weighted by Gasteiger charge is -2.38. The van der Waals surface area contributed by atoms with E-state index in [1.165, 1.54) is 12.1 Å². The third kappa shape index (κ3) is 4.88. The molecule has 10 heteroatoms. The average Bonchev–Trinajstić information content (AvgIpc) is 3.59. The summed E-state index contributed by atoms with van der Waals surface area (Å²) in [5.74, 6) is 0.161. The first-order valence-electron chi connectivity index (χ1n) is 12.9. The summed E-state index contributed by atoms with van der Waals surface area (Å²) in [5, 5.41) is 17.5. The Kier molecular flexibility index (Phi) is 6.80. The molecule has 2 N–H and O–H groups in total. The number of aromatic nitrogens is 1. The van der Waals surface area contributed by atoms with Crippen molar-refractivity contribution in [3.05, 3.63) is 69.4 Å². The highest BCUT2D eigenvalue weighted by atomic mass is 35.5. The lowest BCUT2D eigenvalue weighted by atomic mass is 9.99. The van der Waals surface area contributed by atoms with Gasteiger partial charge in [0.15, 0.2) is 0 Å². The maximum Gasteiger partial charge on any atom is 0.335 e. The number of carboxylic acid groups (broad SMARTS) is 1. The molecule has 3 heterocycles. The minimum Gasteiger partial charge on any atom is -0.478 e. The molecule has 2 amide bonds.